The number of anilines is 1. The van der Waals surface area contributed by atoms with Gasteiger partial charge in [-0.25, -0.2) is 4.68 Å². The first-order chi connectivity index (χ1) is 7.45. The van der Waals surface area contributed by atoms with Gasteiger partial charge in [0.2, 0.25) is 5.95 Å². The van der Waals surface area contributed by atoms with Crippen LogP contribution in [0.3, 0.4) is 0 Å². The molecule has 0 amide bonds. The molecule has 2 aliphatic carbocycles. The average Bonchev–Trinajstić information content (AvgIpc) is 2.78. The average molecular weight is 221 g/mol. The first-order valence-corrected chi connectivity index (χ1v) is 5.98. The van der Waals surface area contributed by atoms with Crippen molar-refractivity contribution in [3.05, 3.63) is 0 Å². The van der Waals surface area contributed by atoms with Crippen molar-refractivity contribution in [3.8, 4) is 0 Å². The number of hydrogen-bond donors (Lipinski definition) is 1. The minimum Gasteiger partial charge on any atom is -0.367 e. The van der Waals surface area contributed by atoms with Gasteiger partial charge in [-0.05, 0) is 46.4 Å². The molecule has 2 N–H and O–H groups in total. The Balaban J connectivity index is 2.10. The number of hydrogen-bond acceptors (Lipinski definition) is 4. The van der Waals surface area contributed by atoms with E-state index in [9.17, 15) is 0 Å². The summed E-state index contributed by atoms with van der Waals surface area (Å²) in [6, 6.07) is 0.341. The SMILES string of the molecule is CC12CCC(C1)C(C)(C)C2n1nnnc1N. The molecule has 2 bridgehead atoms. The molecule has 0 spiro atoms. The van der Waals surface area contributed by atoms with E-state index in [2.05, 4.69) is 36.3 Å². The lowest BCUT2D eigenvalue weighted by Gasteiger charge is -2.42. The normalized spacial score (nSPS) is 40.4. The maximum atomic E-state index is 5.86. The molecule has 0 saturated heterocycles. The Labute approximate surface area is 95.4 Å². The summed E-state index contributed by atoms with van der Waals surface area (Å²) >= 11 is 0. The van der Waals surface area contributed by atoms with Crippen LogP contribution in [0.25, 0.3) is 0 Å². The van der Waals surface area contributed by atoms with Crippen LogP contribution in [0.1, 0.15) is 46.1 Å². The third-order valence-electron chi connectivity index (χ3n) is 4.96. The van der Waals surface area contributed by atoms with Crippen LogP contribution in [0.4, 0.5) is 5.95 Å². The number of aromatic nitrogens is 4. The van der Waals surface area contributed by atoms with Crippen molar-refractivity contribution in [2.24, 2.45) is 16.7 Å². The second-order valence-electron chi connectivity index (χ2n) is 6.30. The molecule has 1 aromatic rings. The molecule has 3 rings (SSSR count). The van der Waals surface area contributed by atoms with Crippen molar-refractivity contribution in [2.45, 2.75) is 46.1 Å². The molecule has 2 saturated carbocycles. The van der Waals surface area contributed by atoms with Crippen molar-refractivity contribution in [1.29, 1.82) is 0 Å². The molecule has 88 valence electrons. The van der Waals surface area contributed by atoms with Crippen LogP contribution in [0, 0.1) is 16.7 Å². The molecule has 3 atom stereocenters. The van der Waals surface area contributed by atoms with Gasteiger partial charge in [-0.1, -0.05) is 25.9 Å². The third-order valence-corrected chi connectivity index (χ3v) is 4.96. The Hall–Kier alpha value is -1.13. The highest BCUT2D eigenvalue weighted by atomic mass is 15.6. The Morgan fingerprint density at radius 1 is 1.38 bits per heavy atom. The van der Waals surface area contributed by atoms with Gasteiger partial charge in [0, 0.05) is 0 Å². The zero-order valence-corrected chi connectivity index (χ0v) is 10.1. The van der Waals surface area contributed by atoms with Crippen molar-refractivity contribution >= 4 is 5.95 Å². The first-order valence-electron chi connectivity index (χ1n) is 5.98. The summed E-state index contributed by atoms with van der Waals surface area (Å²) < 4.78 is 1.85. The Bertz CT molecular complexity index is 419. The van der Waals surface area contributed by atoms with Crippen molar-refractivity contribution < 1.29 is 0 Å². The lowest BCUT2D eigenvalue weighted by molar-refractivity contribution is 0.0738. The van der Waals surface area contributed by atoms with Crippen LogP contribution in [0.15, 0.2) is 0 Å². The van der Waals surface area contributed by atoms with Crippen molar-refractivity contribution in [3.63, 3.8) is 0 Å². The van der Waals surface area contributed by atoms with E-state index >= 15 is 0 Å². The molecule has 3 unspecified atom stereocenters. The number of nitrogens with zero attached hydrogens (tertiary/aromatic N) is 4. The Kier molecular flexibility index (Phi) is 1.73. The monoisotopic (exact) mass is 221 g/mol. The number of fused-ring (bicyclic) bond motifs is 2. The minimum atomic E-state index is 0.247. The quantitative estimate of drug-likeness (QED) is 0.782. The van der Waals surface area contributed by atoms with E-state index < -0.39 is 0 Å². The van der Waals surface area contributed by atoms with Crippen LogP contribution in [0.2, 0.25) is 0 Å². The summed E-state index contributed by atoms with van der Waals surface area (Å²) in [6.45, 7) is 7.01. The van der Waals surface area contributed by atoms with Crippen LogP contribution in [-0.2, 0) is 0 Å². The van der Waals surface area contributed by atoms with E-state index in [1.54, 1.807) is 0 Å². The largest absolute Gasteiger partial charge is 0.367 e. The van der Waals surface area contributed by atoms with Crippen LogP contribution >= 0.6 is 0 Å². The smallest absolute Gasteiger partial charge is 0.240 e. The van der Waals surface area contributed by atoms with E-state index in [4.69, 9.17) is 5.73 Å². The topological polar surface area (TPSA) is 69.6 Å². The fourth-order valence-corrected chi connectivity index (χ4v) is 4.27. The molecule has 16 heavy (non-hydrogen) atoms. The number of tetrazole rings is 1. The summed E-state index contributed by atoms with van der Waals surface area (Å²) in [5, 5.41) is 11.6. The fourth-order valence-electron chi connectivity index (χ4n) is 4.27. The summed E-state index contributed by atoms with van der Waals surface area (Å²) in [6.07, 6.45) is 3.89. The highest BCUT2D eigenvalue weighted by molar-refractivity contribution is 5.18. The first kappa shape index (κ1) is 10.1. The van der Waals surface area contributed by atoms with E-state index in [-0.39, 0.29) is 5.41 Å². The summed E-state index contributed by atoms with van der Waals surface area (Å²) in [5.41, 5.74) is 6.42. The fraction of sp³-hybridized carbons (Fsp3) is 0.909. The molecular formula is C11H19N5. The minimum absolute atomic E-state index is 0.247. The lowest BCUT2D eigenvalue weighted by atomic mass is 9.68. The summed E-state index contributed by atoms with van der Waals surface area (Å²) in [5.74, 6) is 1.23. The molecule has 0 aliphatic heterocycles. The zero-order chi connectivity index (χ0) is 11.6. The Morgan fingerprint density at radius 2 is 2.12 bits per heavy atom. The van der Waals surface area contributed by atoms with Gasteiger partial charge in [-0.15, -0.1) is 0 Å². The van der Waals surface area contributed by atoms with E-state index in [0.29, 0.717) is 17.4 Å². The van der Waals surface area contributed by atoms with Gasteiger partial charge >= 0.3 is 0 Å². The Morgan fingerprint density at radius 3 is 2.62 bits per heavy atom. The van der Waals surface area contributed by atoms with Crippen LogP contribution in [-0.4, -0.2) is 20.2 Å². The molecule has 0 aromatic carbocycles. The zero-order valence-electron chi connectivity index (χ0n) is 10.1. The van der Waals surface area contributed by atoms with Crippen molar-refractivity contribution in [2.75, 3.05) is 5.73 Å². The van der Waals surface area contributed by atoms with Crippen molar-refractivity contribution in [1.82, 2.24) is 20.2 Å². The molecular weight excluding hydrogens is 202 g/mol. The van der Waals surface area contributed by atoms with Gasteiger partial charge < -0.3 is 5.73 Å². The summed E-state index contributed by atoms with van der Waals surface area (Å²) in [4.78, 5) is 0. The predicted octanol–water partition coefficient (Wildman–Crippen LogP) is 1.64. The van der Waals surface area contributed by atoms with Gasteiger partial charge in [-0.3, -0.25) is 0 Å². The molecule has 1 aromatic heterocycles. The predicted molar refractivity (Wildman–Crippen MR) is 60.5 cm³/mol. The van der Waals surface area contributed by atoms with Gasteiger partial charge in [-0.2, -0.15) is 0 Å². The van der Waals surface area contributed by atoms with Gasteiger partial charge in [0.1, 0.15) is 0 Å². The molecule has 5 nitrogen and oxygen atoms in total. The van der Waals surface area contributed by atoms with Gasteiger partial charge in [0.15, 0.2) is 0 Å². The maximum absolute atomic E-state index is 5.86. The summed E-state index contributed by atoms with van der Waals surface area (Å²) in [7, 11) is 0. The molecule has 2 fully saturated rings. The van der Waals surface area contributed by atoms with E-state index in [1.165, 1.54) is 19.3 Å². The molecule has 0 radical (unpaired) electrons. The standard InChI is InChI=1S/C11H19N5/c1-10(2)7-4-5-11(3,6-7)8(10)16-9(12)13-14-15-16/h7-8H,4-6H2,1-3H3,(H2,12,13,15). The lowest BCUT2D eigenvalue weighted by Crippen LogP contribution is -2.38. The second kappa shape index (κ2) is 2.76. The number of nitrogens with two attached hydrogens (primary N) is 1. The number of rotatable bonds is 1. The highest BCUT2D eigenvalue weighted by Gasteiger charge is 2.61. The van der Waals surface area contributed by atoms with E-state index in [0.717, 1.165) is 5.92 Å². The number of nitrogen functional groups attached to an aromatic ring is 1. The molecule has 1 heterocycles. The molecule has 5 heteroatoms. The maximum Gasteiger partial charge on any atom is 0.240 e. The van der Waals surface area contributed by atoms with Gasteiger partial charge in [0.25, 0.3) is 0 Å². The second-order valence-corrected chi connectivity index (χ2v) is 6.30. The van der Waals surface area contributed by atoms with Crippen LogP contribution < -0.4 is 5.73 Å². The van der Waals surface area contributed by atoms with Gasteiger partial charge in [0.05, 0.1) is 6.04 Å². The third kappa shape index (κ3) is 1.03. The molecule has 2 aliphatic rings. The van der Waals surface area contributed by atoms with E-state index in [1.807, 2.05) is 4.68 Å². The van der Waals surface area contributed by atoms with Crippen LogP contribution in [0.5, 0.6) is 0 Å². The highest BCUT2D eigenvalue weighted by Crippen LogP contribution is 2.68.